The molecule has 0 aliphatic carbocycles. The molecule has 0 fully saturated rings. The number of ether oxygens (including phenoxy) is 1. The van der Waals surface area contributed by atoms with Crippen LogP contribution >= 0.6 is 25.0 Å². The molecule has 0 saturated heterocycles. The quantitative estimate of drug-likeness (QED) is 0.855. The summed E-state index contributed by atoms with van der Waals surface area (Å²) in [6.07, 6.45) is -2.92. The fourth-order valence-corrected chi connectivity index (χ4v) is 1.35. The van der Waals surface area contributed by atoms with Gasteiger partial charge in [0.2, 0.25) is 0 Å². The highest BCUT2D eigenvalue weighted by molar-refractivity contribution is 7.79. The van der Waals surface area contributed by atoms with Crippen LogP contribution in [-0.4, -0.2) is 17.8 Å². The standard InChI is InChI=1S/C9H10F3NOS.ClH/c1-6-7(4-15)13-3-2-8(6)14-5-9(10,11)12;/h2-3,15H,4-5H2,1H3;1H. The Kier molecular flexibility index (Phi) is 5.96. The van der Waals surface area contributed by atoms with Gasteiger partial charge < -0.3 is 4.74 Å². The minimum Gasteiger partial charge on any atom is -0.484 e. The van der Waals surface area contributed by atoms with Gasteiger partial charge in [-0.05, 0) is 13.0 Å². The summed E-state index contributed by atoms with van der Waals surface area (Å²) >= 11 is 4.01. The zero-order valence-electron chi connectivity index (χ0n) is 8.41. The molecule has 0 spiro atoms. The predicted octanol–water partition coefficient (Wildman–Crippen LogP) is 3.18. The SMILES string of the molecule is Cc1c(OCC(F)(F)F)ccnc1CS.Cl. The minimum atomic E-state index is -4.32. The Bertz CT molecular complexity index is 346. The number of rotatable bonds is 3. The molecule has 0 unspecified atom stereocenters. The lowest BCUT2D eigenvalue weighted by Crippen LogP contribution is -2.19. The van der Waals surface area contributed by atoms with Gasteiger partial charge in [-0.1, -0.05) is 0 Å². The molecule has 1 aromatic rings. The molecule has 7 heteroatoms. The van der Waals surface area contributed by atoms with E-state index in [1.807, 2.05) is 0 Å². The molecule has 0 aromatic carbocycles. The molecule has 0 aliphatic rings. The lowest BCUT2D eigenvalue weighted by Gasteiger charge is -2.12. The van der Waals surface area contributed by atoms with Crippen LogP contribution in [0, 0.1) is 6.92 Å². The van der Waals surface area contributed by atoms with Crippen molar-refractivity contribution in [3.8, 4) is 5.75 Å². The molecule has 1 heterocycles. The minimum absolute atomic E-state index is 0. The van der Waals surface area contributed by atoms with Gasteiger partial charge in [-0.15, -0.1) is 12.4 Å². The smallest absolute Gasteiger partial charge is 0.422 e. The number of thiol groups is 1. The summed E-state index contributed by atoms with van der Waals surface area (Å²) in [5.74, 6) is 0.570. The van der Waals surface area contributed by atoms with Crippen LogP contribution < -0.4 is 4.74 Å². The Morgan fingerprint density at radius 3 is 2.56 bits per heavy atom. The maximum atomic E-state index is 11.9. The molecule has 16 heavy (non-hydrogen) atoms. The van der Waals surface area contributed by atoms with Gasteiger partial charge in [0.25, 0.3) is 0 Å². The van der Waals surface area contributed by atoms with Crippen LogP contribution in [0.3, 0.4) is 0 Å². The second-order valence-corrected chi connectivity index (χ2v) is 3.26. The molecule has 92 valence electrons. The molecule has 0 N–H and O–H groups in total. The van der Waals surface area contributed by atoms with E-state index in [2.05, 4.69) is 22.3 Å². The van der Waals surface area contributed by atoms with E-state index in [1.54, 1.807) is 6.92 Å². The molecular weight excluding hydrogens is 263 g/mol. The van der Waals surface area contributed by atoms with Crippen LogP contribution in [0.2, 0.25) is 0 Å². The van der Waals surface area contributed by atoms with Gasteiger partial charge in [-0.25, -0.2) is 0 Å². The highest BCUT2D eigenvalue weighted by atomic mass is 35.5. The zero-order valence-corrected chi connectivity index (χ0v) is 10.1. The van der Waals surface area contributed by atoms with Crippen molar-refractivity contribution in [3.05, 3.63) is 23.5 Å². The number of hydrogen-bond donors (Lipinski definition) is 1. The number of halogens is 4. The fourth-order valence-electron chi connectivity index (χ4n) is 1.03. The van der Waals surface area contributed by atoms with E-state index in [1.165, 1.54) is 12.3 Å². The maximum Gasteiger partial charge on any atom is 0.422 e. The van der Waals surface area contributed by atoms with Gasteiger partial charge in [-0.2, -0.15) is 25.8 Å². The van der Waals surface area contributed by atoms with E-state index in [4.69, 9.17) is 0 Å². The topological polar surface area (TPSA) is 22.1 Å². The van der Waals surface area contributed by atoms with Crippen molar-refractivity contribution in [3.63, 3.8) is 0 Å². The fraction of sp³-hybridized carbons (Fsp3) is 0.444. The average Bonchev–Trinajstić information content (AvgIpc) is 2.15. The summed E-state index contributed by atoms with van der Waals surface area (Å²) in [6.45, 7) is 0.369. The van der Waals surface area contributed by atoms with Gasteiger partial charge in [0.05, 0.1) is 5.69 Å². The van der Waals surface area contributed by atoms with E-state index in [0.29, 0.717) is 17.0 Å². The Morgan fingerprint density at radius 2 is 2.06 bits per heavy atom. The lowest BCUT2D eigenvalue weighted by atomic mass is 10.2. The van der Waals surface area contributed by atoms with E-state index < -0.39 is 12.8 Å². The lowest BCUT2D eigenvalue weighted by molar-refractivity contribution is -0.153. The molecule has 0 saturated carbocycles. The van der Waals surface area contributed by atoms with Crippen molar-refractivity contribution in [1.29, 1.82) is 0 Å². The zero-order chi connectivity index (χ0) is 11.5. The summed E-state index contributed by atoms with van der Waals surface area (Å²) in [5, 5.41) is 0. The Balaban J connectivity index is 0.00000225. The first-order valence-electron chi connectivity index (χ1n) is 4.19. The van der Waals surface area contributed by atoms with Gasteiger partial charge in [0.1, 0.15) is 5.75 Å². The van der Waals surface area contributed by atoms with Gasteiger partial charge in [0, 0.05) is 17.5 Å². The summed E-state index contributed by atoms with van der Waals surface area (Å²) < 4.78 is 40.3. The number of pyridine rings is 1. The molecular formula is C9H11ClF3NOS. The second-order valence-electron chi connectivity index (χ2n) is 2.94. The van der Waals surface area contributed by atoms with Gasteiger partial charge >= 0.3 is 6.18 Å². The first-order valence-corrected chi connectivity index (χ1v) is 4.82. The molecule has 1 aromatic heterocycles. The highest BCUT2D eigenvalue weighted by Crippen LogP contribution is 2.23. The second kappa shape index (κ2) is 6.20. The van der Waals surface area contributed by atoms with Crippen LogP contribution in [0.15, 0.2) is 12.3 Å². The third-order valence-corrected chi connectivity index (χ3v) is 2.10. The largest absolute Gasteiger partial charge is 0.484 e. The Hall–Kier alpha value is -0.620. The van der Waals surface area contributed by atoms with Crippen LogP contribution in [0.25, 0.3) is 0 Å². The van der Waals surface area contributed by atoms with E-state index in [9.17, 15) is 13.2 Å². The number of aromatic nitrogens is 1. The van der Waals surface area contributed by atoms with Crippen LogP contribution in [-0.2, 0) is 5.75 Å². The van der Waals surface area contributed by atoms with Crippen LogP contribution in [0.5, 0.6) is 5.75 Å². The van der Waals surface area contributed by atoms with Crippen LogP contribution in [0.4, 0.5) is 13.2 Å². The third-order valence-electron chi connectivity index (χ3n) is 1.80. The number of nitrogens with zero attached hydrogens (tertiary/aromatic N) is 1. The van der Waals surface area contributed by atoms with Crippen molar-refractivity contribution < 1.29 is 17.9 Å². The number of alkyl halides is 3. The number of hydrogen-bond acceptors (Lipinski definition) is 3. The summed E-state index contributed by atoms with van der Waals surface area (Å²) in [6, 6.07) is 1.41. The summed E-state index contributed by atoms with van der Waals surface area (Å²) in [7, 11) is 0. The van der Waals surface area contributed by atoms with Crippen molar-refractivity contribution >= 4 is 25.0 Å². The molecule has 0 atom stereocenters. The molecule has 0 amide bonds. The Labute approximate surface area is 103 Å². The molecule has 0 aliphatic heterocycles. The van der Waals surface area contributed by atoms with Crippen molar-refractivity contribution in [2.24, 2.45) is 0 Å². The first-order chi connectivity index (χ1) is 6.94. The third kappa shape index (κ3) is 4.49. The average molecular weight is 274 g/mol. The van der Waals surface area contributed by atoms with Gasteiger partial charge in [-0.3, -0.25) is 4.98 Å². The van der Waals surface area contributed by atoms with E-state index in [-0.39, 0.29) is 18.2 Å². The van der Waals surface area contributed by atoms with Crippen molar-refractivity contribution in [1.82, 2.24) is 4.98 Å². The molecule has 0 radical (unpaired) electrons. The maximum absolute atomic E-state index is 11.9. The monoisotopic (exact) mass is 273 g/mol. The summed E-state index contributed by atoms with van der Waals surface area (Å²) in [4.78, 5) is 3.96. The van der Waals surface area contributed by atoms with E-state index in [0.717, 1.165) is 0 Å². The highest BCUT2D eigenvalue weighted by Gasteiger charge is 2.28. The van der Waals surface area contributed by atoms with E-state index >= 15 is 0 Å². The van der Waals surface area contributed by atoms with Crippen molar-refractivity contribution in [2.45, 2.75) is 18.9 Å². The van der Waals surface area contributed by atoms with Gasteiger partial charge in [0.15, 0.2) is 6.61 Å². The Morgan fingerprint density at radius 1 is 1.44 bits per heavy atom. The van der Waals surface area contributed by atoms with Crippen LogP contribution in [0.1, 0.15) is 11.3 Å². The molecule has 2 nitrogen and oxygen atoms in total. The molecule has 1 rings (SSSR count). The first kappa shape index (κ1) is 15.4. The molecule has 0 bridgehead atoms. The normalized spacial score (nSPS) is 10.8. The predicted molar refractivity (Wildman–Crippen MR) is 60.5 cm³/mol. The summed E-state index contributed by atoms with van der Waals surface area (Å²) in [5.41, 5.74) is 1.22. The van der Waals surface area contributed by atoms with Crippen molar-refractivity contribution in [2.75, 3.05) is 6.61 Å².